The smallest absolute Gasteiger partial charge is 0.319 e. The summed E-state index contributed by atoms with van der Waals surface area (Å²) in [6.45, 7) is 2.46. The van der Waals surface area contributed by atoms with Crippen LogP contribution in [0.25, 0.3) is 0 Å². The summed E-state index contributed by atoms with van der Waals surface area (Å²) < 4.78 is 4.09. The van der Waals surface area contributed by atoms with Crippen LogP contribution in [0.3, 0.4) is 0 Å². The molecule has 5 nitrogen and oxygen atoms in total. The normalized spacial score (nSPS) is 26.4. The quantitative estimate of drug-likeness (QED) is 0.842. The standard InChI is InChI=1S/C15H18N4OS/c1-9-13(7-16)14(21-19-9)18-15(20)17-8-12-6-10-2-4-11(12)5-3-10/h2,4,10-12H,3,5-6,8H2,1H3,(H2,17,18,20). The van der Waals surface area contributed by atoms with Crippen molar-refractivity contribution in [2.75, 3.05) is 11.9 Å². The van der Waals surface area contributed by atoms with Crippen molar-refractivity contribution in [2.45, 2.75) is 26.2 Å². The molecule has 2 N–H and O–H groups in total. The van der Waals surface area contributed by atoms with Crippen LogP contribution in [0.15, 0.2) is 12.2 Å². The second-order valence-electron chi connectivity index (χ2n) is 5.80. The molecule has 21 heavy (non-hydrogen) atoms. The average Bonchev–Trinajstić information content (AvgIpc) is 2.86. The highest BCUT2D eigenvalue weighted by Gasteiger charge is 2.31. The first kappa shape index (κ1) is 14.1. The molecular weight excluding hydrogens is 284 g/mol. The van der Waals surface area contributed by atoms with Crippen LogP contribution in [0, 0.1) is 36.0 Å². The number of hydrogen-bond acceptors (Lipinski definition) is 4. The number of nitriles is 1. The fourth-order valence-electron chi connectivity index (χ4n) is 3.24. The maximum Gasteiger partial charge on any atom is 0.319 e. The molecule has 1 fully saturated rings. The first-order valence-electron chi connectivity index (χ1n) is 7.27. The van der Waals surface area contributed by atoms with E-state index in [1.54, 1.807) is 6.92 Å². The number of anilines is 1. The number of carbonyl (C=O) groups excluding carboxylic acids is 1. The van der Waals surface area contributed by atoms with Crippen molar-refractivity contribution >= 4 is 22.6 Å². The number of amides is 2. The molecule has 6 heteroatoms. The van der Waals surface area contributed by atoms with Crippen molar-refractivity contribution in [1.82, 2.24) is 9.69 Å². The maximum absolute atomic E-state index is 12.0. The van der Waals surface area contributed by atoms with Crippen molar-refractivity contribution in [3.8, 4) is 6.07 Å². The van der Waals surface area contributed by atoms with Gasteiger partial charge in [-0.05, 0) is 55.5 Å². The number of urea groups is 1. The summed E-state index contributed by atoms with van der Waals surface area (Å²) in [5.74, 6) is 1.84. The van der Waals surface area contributed by atoms with Gasteiger partial charge in [-0.3, -0.25) is 5.32 Å². The fourth-order valence-corrected chi connectivity index (χ4v) is 3.99. The summed E-state index contributed by atoms with van der Waals surface area (Å²) in [4.78, 5) is 12.0. The maximum atomic E-state index is 12.0. The van der Waals surface area contributed by atoms with E-state index in [2.05, 4.69) is 33.2 Å². The lowest BCUT2D eigenvalue weighted by atomic mass is 9.69. The van der Waals surface area contributed by atoms with Gasteiger partial charge in [-0.1, -0.05) is 12.2 Å². The van der Waals surface area contributed by atoms with Gasteiger partial charge < -0.3 is 5.32 Å². The molecule has 2 amide bonds. The number of rotatable bonds is 3. The van der Waals surface area contributed by atoms with E-state index in [1.165, 1.54) is 19.3 Å². The Hall–Kier alpha value is -1.87. The first-order valence-corrected chi connectivity index (χ1v) is 8.04. The van der Waals surface area contributed by atoms with Gasteiger partial charge in [-0.25, -0.2) is 4.79 Å². The Morgan fingerprint density at radius 1 is 1.52 bits per heavy atom. The van der Waals surface area contributed by atoms with Gasteiger partial charge in [0.1, 0.15) is 16.6 Å². The van der Waals surface area contributed by atoms with Gasteiger partial charge in [0.2, 0.25) is 0 Å². The molecule has 0 aliphatic heterocycles. The predicted molar refractivity (Wildman–Crippen MR) is 82.0 cm³/mol. The summed E-state index contributed by atoms with van der Waals surface area (Å²) in [7, 11) is 0. The molecule has 3 unspecified atom stereocenters. The van der Waals surface area contributed by atoms with Gasteiger partial charge in [-0.2, -0.15) is 9.64 Å². The molecule has 0 saturated heterocycles. The van der Waals surface area contributed by atoms with Crippen molar-refractivity contribution in [3.05, 3.63) is 23.4 Å². The molecule has 110 valence electrons. The molecule has 1 aromatic rings. The lowest BCUT2D eigenvalue weighted by Crippen LogP contribution is -2.39. The zero-order valence-corrected chi connectivity index (χ0v) is 12.7. The van der Waals surface area contributed by atoms with E-state index in [4.69, 9.17) is 5.26 Å². The summed E-state index contributed by atoms with van der Waals surface area (Å²) in [6.07, 6.45) is 8.33. The Balaban J connectivity index is 1.53. The highest BCUT2D eigenvalue weighted by molar-refractivity contribution is 7.10. The Morgan fingerprint density at radius 3 is 3.00 bits per heavy atom. The van der Waals surface area contributed by atoms with E-state index < -0.39 is 0 Å². The Labute approximate surface area is 128 Å². The van der Waals surface area contributed by atoms with Gasteiger partial charge in [0.25, 0.3) is 0 Å². The third-order valence-electron chi connectivity index (χ3n) is 4.44. The molecule has 0 aromatic carbocycles. The minimum atomic E-state index is -0.249. The Kier molecular flexibility index (Phi) is 3.93. The molecule has 3 aliphatic rings. The molecule has 0 radical (unpaired) electrons. The number of nitrogens with one attached hydrogen (secondary N) is 2. The van der Waals surface area contributed by atoms with Crippen LogP contribution in [0.5, 0.6) is 0 Å². The van der Waals surface area contributed by atoms with Crippen molar-refractivity contribution in [1.29, 1.82) is 5.26 Å². The van der Waals surface area contributed by atoms with Crippen LogP contribution in [0.1, 0.15) is 30.5 Å². The minimum Gasteiger partial charge on any atom is -0.338 e. The fraction of sp³-hybridized carbons (Fsp3) is 0.533. The number of fused-ring (bicyclic) bond motifs is 2. The molecule has 2 bridgehead atoms. The largest absolute Gasteiger partial charge is 0.338 e. The van der Waals surface area contributed by atoms with Crippen LogP contribution in [-0.4, -0.2) is 16.9 Å². The van der Waals surface area contributed by atoms with Crippen LogP contribution in [-0.2, 0) is 0 Å². The zero-order chi connectivity index (χ0) is 14.8. The molecule has 1 aromatic heterocycles. The van der Waals surface area contributed by atoms with E-state index in [0.29, 0.717) is 40.6 Å². The monoisotopic (exact) mass is 302 g/mol. The molecular formula is C15H18N4OS. The number of carbonyl (C=O) groups is 1. The molecule has 4 rings (SSSR count). The Bertz CT molecular complexity index is 616. The third kappa shape index (κ3) is 2.93. The van der Waals surface area contributed by atoms with Gasteiger partial charge in [-0.15, -0.1) is 0 Å². The topological polar surface area (TPSA) is 77.8 Å². The summed E-state index contributed by atoms with van der Waals surface area (Å²) in [5.41, 5.74) is 1.11. The average molecular weight is 302 g/mol. The molecule has 3 atom stereocenters. The van der Waals surface area contributed by atoms with E-state index in [0.717, 1.165) is 11.5 Å². The van der Waals surface area contributed by atoms with Gasteiger partial charge >= 0.3 is 6.03 Å². The van der Waals surface area contributed by atoms with Gasteiger partial charge in [0.05, 0.1) is 5.69 Å². The first-order chi connectivity index (χ1) is 10.2. The summed E-state index contributed by atoms with van der Waals surface area (Å²) in [5, 5.41) is 15.2. The number of nitrogens with zero attached hydrogens (tertiary/aromatic N) is 2. The zero-order valence-electron chi connectivity index (χ0n) is 11.9. The van der Waals surface area contributed by atoms with E-state index in [-0.39, 0.29) is 6.03 Å². The number of allylic oxidation sites excluding steroid dienone is 2. The Morgan fingerprint density at radius 2 is 2.38 bits per heavy atom. The van der Waals surface area contributed by atoms with Crippen molar-refractivity contribution in [2.24, 2.45) is 17.8 Å². The van der Waals surface area contributed by atoms with E-state index in [1.807, 2.05) is 0 Å². The van der Waals surface area contributed by atoms with Crippen LogP contribution >= 0.6 is 11.5 Å². The van der Waals surface area contributed by atoms with Gasteiger partial charge in [0, 0.05) is 6.54 Å². The number of hydrogen-bond donors (Lipinski definition) is 2. The van der Waals surface area contributed by atoms with Crippen LogP contribution in [0.2, 0.25) is 0 Å². The number of aryl methyl sites for hydroxylation is 1. The van der Waals surface area contributed by atoms with Crippen molar-refractivity contribution < 1.29 is 4.79 Å². The van der Waals surface area contributed by atoms with Crippen molar-refractivity contribution in [3.63, 3.8) is 0 Å². The summed E-state index contributed by atoms with van der Waals surface area (Å²) >= 11 is 1.15. The van der Waals surface area contributed by atoms with Crippen LogP contribution in [0.4, 0.5) is 9.80 Å². The molecule has 1 saturated carbocycles. The number of aromatic nitrogens is 1. The van der Waals surface area contributed by atoms with Crippen LogP contribution < -0.4 is 10.6 Å². The lowest BCUT2D eigenvalue weighted by molar-refractivity contribution is 0.211. The second-order valence-corrected chi connectivity index (χ2v) is 6.57. The van der Waals surface area contributed by atoms with E-state index >= 15 is 0 Å². The molecule has 3 aliphatic carbocycles. The third-order valence-corrected chi connectivity index (χ3v) is 5.29. The summed E-state index contributed by atoms with van der Waals surface area (Å²) in [6, 6.07) is 1.82. The van der Waals surface area contributed by atoms with Gasteiger partial charge in [0.15, 0.2) is 0 Å². The highest BCUT2D eigenvalue weighted by Crippen LogP contribution is 2.39. The minimum absolute atomic E-state index is 0.249. The molecule has 1 heterocycles. The predicted octanol–water partition coefficient (Wildman–Crippen LogP) is 3.05. The highest BCUT2D eigenvalue weighted by atomic mass is 32.1. The second kappa shape index (κ2) is 5.86. The van der Waals surface area contributed by atoms with E-state index in [9.17, 15) is 4.79 Å². The lowest BCUT2D eigenvalue weighted by Gasteiger charge is -2.38. The SMILES string of the molecule is Cc1nsc(NC(=O)NCC2CC3C=CC2CC3)c1C#N. The molecule has 0 spiro atoms.